The van der Waals surface area contributed by atoms with Crippen LogP contribution in [0.25, 0.3) is 0 Å². The molecule has 1 fully saturated rings. The number of nitrogens with one attached hydrogen (secondary N) is 2. The van der Waals surface area contributed by atoms with E-state index in [1.165, 1.54) is 18.2 Å². The minimum absolute atomic E-state index is 0.00750. The second-order valence-corrected chi connectivity index (χ2v) is 6.98. The summed E-state index contributed by atoms with van der Waals surface area (Å²) in [5.41, 5.74) is 2.67. The number of benzene rings is 2. The number of rotatable bonds is 5. The first kappa shape index (κ1) is 19.8. The molecular formula is C21H18F3N3O3. The highest BCUT2D eigenvalue weighted by atomic mass is 19.4. The second-order valence-electron chi connectivity index (χ2n) is 6.98. The summed E-state index contributed by atoms with van der Waals surface area (Å²) in [6.07, 6.45) is -1.94. The number of amidine groups is 1. The van der Waals surface area contributed by atoms with E-state index < -0.39 is 17.8 Å². The van der Waals surface area contributed by atoms with Crippen molar-refractivity contribution in [3.05, 3.63) is 77.7 Å². The van der Waals surface area contributed by atoms with Crippen molar-refractivity contribution < 1.29 is 27.5 Å². The van der Waals surface area contributed by atoms with Gasteiger partial charge in [-0.2, -0.15) is 0 Å². The minimum atomic E-state index is -4.83. The number of ether oxygens (including phenoxy) is 1. The molecule has 0 atom stereocenters. The van der Waals surface area contributed by atoms with Gasteiger partial charge in [0.1, 0.15) is 5.75 Å². The van der Waals surface area contributed by atoms with E-state index in [1.807, 2.05) is 18.2 Å². The zero-order valence-corrected chi connectivity index (χ0v) is 15.7. The molecular weight excluding hydrogens is 399 g/mol. The number of hydrogen-bond acceptors (Lipinski definition) is 5. The highest BCUT2D eigenvalue weighted by Crippen LogP contribution is 2.46. The van der Waals surface area contributed by atoms with Crippen molar-refractivity contribution in [3.8, 4) is 5.75 Å². The monoisotopic (exact) mass is 417 g/mol. The van der Waals surface area contributed by atoms with Gasteiger partial charge >= 0.3 is 6.36 Å². The Bertz CT molecular complexity index is 999. The number of hydrogen-bond donors (Lipinski definition) is 2. The van der Waals surface area contributed by atoms with E-state index in [1.54, 1.807) is 18.2 Å². The average molecular weight is 417 g/mol. The third-order valence-electron chi connectivity index (χ3n) is 5.03. The molecule has 0 aromatic heterocycles. The van der Waals surface area contributed by atoms with Crippen molar-refractivity contribution in [1.82, 2.24) is 10.8 Å². The predicted octanol–water partition coefficient (Wildman–Crippen LogP) is 3.90. The van der Waals surface area contributed by atoms with Crippen LogP contribution in [-0.4, -0.2) is 18.1 Å². The Labute approximate surface area is 170 Å². The zero-order chi connectivity index (χ0) is 21.2. The van der Waals surface area contributed by atoms with Crippen molar-refractivity contribution >= 4 is 11.7 Å². The molecule has 1 aliphatic carbocycles. The summed E-state index contributed by atoms with van der Waals surface area (Å²) in [6, 6.07) is 14.9. The summed E-state index contributed by atoms with van der Waals surface area (Å²) in [6.45, 7) is 0. The molecule has 156 valence electrons. The molecule has 0 saturated heterocycles. The Morgan fingerprint density at radius 3 is 2.47 bits per heavy atom. The SMILES string of the molecule is O=C(NC1(c2ccccc2OC(F)(F)F)CCC1)C1=CONC(c2ccccc2)=N1. The summed E-state index contributed by atoms with van der Waals surface area (Å²) in [5.74, 6) is -0.521. The number of nitrogens with zero attached hydrogens (tertiary/aromatic N) is 1. The third-order valence-corrected chi connectivity index (χ3v) is 5.03. The molecule has 1 saturated carbocycles. The first-order valence-corrected chi connectivity index (χ1v) is 9.30. The Morgan fingerprint density at radius 1 is 1.10 bits per heavy atom. The Morgan fingerprint density at radius 2 is 1.80 bits per heavy atom. The highest BCUT2D eigenvalue weighted by Gasteiger charge is 2.44. The molecule has 30 heavy (non-hydrogen) atoms. The van der Waals surface area contributed by atoms with Gasteiger partial charge in [0.15, 0.2) is 17.8 Å². The maximum Gasteiger partial charge on any atom is 0.573 e. The summed E-state index contributed by atoms with van der Waals surface area (Å²) in [4.78, 5) is 22.3. The molecule has 0 radical (unpaired) electrons. The Kier molecular flexibility index (Phi) is 5.11. The smallest absolute Gasteiger partial charge is 0.405 e. The molecule has 0 spiro atoms. The lowest BCUT2D eigenvalue weighted by atomic mass is 9.71. The number of carbonyl (C=O) groups excluding carboxylic acids is 1. The molecule has 9 heteroatoms. The number of aliphatic imine (C=N–C) groups is 1. The maximum atomic E-state index is 12.9. The molecule has 1 aliphatic heterocycles. The number of para-hydroxylation sites is 1. The molecule has 0 bridgehead atoms. The van der Waals surface area contributed by atoms with Gasteiger partial charge in [-0.1, -0.05) is 48.5 Å². The summed E-state index contributed by atoms with van der Waals surface area (Å²) < 4.78 is 42.7. The fourth-order valence-corrected chi connectivity index (χ4v) is 3.48. The summed E-state index contributed by atoms with van der Waals surface area (Å²) in [5, 5.41) is 2.84. The molecule has 1 amide bonds. The van der Waals surface area contributed by atoms with Gasteiger partial charge in [0, 0.05) is 11.1 Å². The third kappa shape index (κ3) is 4.10. The van der Waals surface area contributed by atoms with Gasteiger partial charge < -0.3 is 14.9 Å². The van der Waals surface area contributed by atoms with Crippen molar-refractivity contribution in [2.24, 2.45) is 4.99 Å². The van der Waals surface area contributed by atoms with Crippen LogP contribution >= 0.6 is 0 Å². The van der Waals surface area contributed by atoms with Crippen LogP contribution in [0.1, 0.15) is 30.4 Å². The number of amides is 1. The van der Waals surface area contributed by atoms with E-state index in [4.69, 9.17) is 4.84 Å². The summed E-state index contributed by atoms with van der Waals surface area (Å²) in [7, 11) is 0. The van der Waals surface area contributed by atoms with Crippen LogP contribution in [-0.2, 0) is 15.2 Å². The predicted molar refractivity (Wildman–Crippen MR) is 102 cm³/mol. The molecule has 6 nitrogen and oxygen atoms in total. The van der Waals surface area contributed by atoms with Gasteiger partial charge in [0.05, 0.1) is 5.54 Å². The first-order chi connectivity index (χ1) is 14.4. The van der Waals surface area contributed by atoms with Crippen LogP contribution in [0.15, 0.2) is 71.5 Å². The van der Waals surface area contributed by atoms with Gasteiger partial charge in [-0.3, -0.25) is 4.79 Å². The van der Waals surface area contributed by atoms with Crippen LogP contribution in [0.2, 0.25) is 0 Å². The summed E-state index contributed by atoms with van der Waals surface area (Å²) >= 11 is 0. The maximum absolute atomic E-state index is 12.9. The van der Waals surface area contributed by atoms with E-state index in [-0.39, 0.29) is 17.0 Å². The zero-order valence-electron chi connectivity index (χ0n) is 15.7. The molecule has 0 unspecified atom stereocenters. The van der Waals surface area contributed by atoms with Crippen LogP contribution in [0.5, 0.6) is 5.75 Å². The second kappa shape index (κ2) is 7.74. The van der Waals surface area contributed by atoms with Crippen LogP contribution in [0.3, 0.4) is 0 Å². The minimum Gasteiger partial charge on any atom is -0.405 e. The topological polar surface area (TPSA) is 72.0 Å². The number of alkyl halides is 3. The number of hydroxylamine groups is 1. The van der Waals surface area contributed by atoms with E-state index >= 15 is 0 Å². The normalized spacial score (nSPS) is 17.4. The first-order valence-electron chi connectivity index (χ1n) is 9.30. The van der Waals surface area contributed by atoms with Crippen molar-refractivity contribution in [1.29, 1.82) is 0 Å². The highest BCUT2D eigenvalue weighted by molar-refractivity contribution is 6.04. The standard InChI is InChI=1S/C21H18F3N3O3/c22-21(23,24)30-17-10-5-4-9-15(17)20(11-6-12-20)26-19(28)16-13-29-27-18(25-16)14-7-2-1-3-8-14/h1-5,7-10,13H,6,11-12H2,(H,25,27)(H,26,28). The molecule has 1 heterocycles. The van der Waals surface area contributed by atoms with E-state index in [0.29, 0.717) is 18.7 Å². The Hall–Kier alpha value is -3.49. The Balaban J connectivity index is 1.58. The fraction of sp³-hybridized carbons (Fsp3) is 0.238. The van der Waals surface area contributed by atoms with E-state index in [2.05, 4.69) is 20.5 Å². The lowest BCUT2D eigenvalue weighted by molar-refractivity contribution is -0.275. The molecule has 2 aromatic carbocycles. The quantitative estimate of drug-likeness (QED) is 0.774. The van der Waals surface area contributed by atoms with Gasteiger partial charge in [0.2, 0.25) is 0 Å². The molecule has 2 N–H and O–H groups in total. The largest absolute Gasteiger partial charge is 0.573 e. The van der Waals surface area contributed by atoms with Crippen LogP contribution in [0.4, 0.5) is 13.2 Å². The van der Waals surface area contributed by atoms with Crippen molar-refractivity contribution in [2.75, 3.05) is 0 Å². The number of halogens is 3. The van der Waals surface area contributed by atoms with Crippen molar-refractivity contribution in [3.63, 3.8) is 0 Å². The average Bonchev–Trinajstić information content (AvgIpc) is 2.71. The van der Waals surface area contributed by atoms with Gasteiger partial charge in [0.25, 0.3) is 5.91 Å². The van der Waals surface area contributed by atoms with Gasteiger partial charge in [-0.25, -0.2) is 10.5 Å². The molecule has 4 rings (SSSR count). The van der Waals surface area contributed by atoms with E-state index in [9.17, 15) is 18.0 Å². The fourth-order valence-electron chi connectivity index (χ4n) is 3.48. The van der Waals surface area contributed by atoms with Gasteiger partial charge in [-0.15, -0.1) is 13.2 Å². The van der Waals surface area contributed by atoms with E-state index in [0.717, 1.165) is 18.2 Å². The van der Waals surface area contributed by atoms with Crippen LogP contribution < -0.4 is 15.5 Å². The lowest BCUT2D eigenvalue weighted by Crippen LogP contribution is -2.51. The molecule has 2 aliphatic rings. The number of carbonyl (C=O) groups is 1. The van der Waals surface area contributed by atoms with Crippen LogP contribution in [0, 0.1) is 0 Å². The molecule has 2 aromatic rings. The lowest BCUT2D eigenvalue weighted by Gasteiger charge is -2.43. The van der Waals surface area contributed by atoms with Crippen molar-refractivity contribution in [2.45, 2.75) is 31.2 Å². The van der Waals surface area contributed by atoms with Gasteiger partial charge in [-0.05, 0) is 25.3 Å².